The lowest BCUT2D eigenvalue weighted by Crippen LogP contribution is -2.39. The van der Waals surface area contributed by atoms with Crippen LogP contribution in [0.5, 0.6) is 0 Å². The van der Waals surface area contributed by atoms with Crippen molar-refractivity contribution in [2.24, 2.45) is 11.8 Å². The van der Waals surface area contributed by atoms with E-state index in [-0.39, 0.29) is 37.9 Å². The van der Waals surface area contributed by atoms with Crippen LogP contribution in [-0.2, 0) is 23.8 Å². The van der Waals surface area contributed by atoms with E-state index < -0.39 is 35.2 Å². The average Bonchev–Trinajstić information content (AvgIpc) is 3.97. The molecule has 0 bridgehead atoms. The van der Waals surface area contributed by atoms with Gasteiger partial charge in [-0.25, -0.2) is 37.5 Å². The molecule has 6 heterocycles. The van der Waals surface area contributed by atoms with Crippen LogP contribution in [0, 0.1) is 41.1 Å². The van der Waals surface area contributed by atoms with E-state index in [1.807, 2.05) is 12.1 Å². The summed E-state index contributed by atoms with van der Waals surface area (Å²) in [5.41, 5.74) is 2.76. The van der Waals surface area contributed by atoms with Gasteiger partial charge in [-0.3, -0.25) is 9.59 Å². The quantitative estimate of drug-likeness (QED) is 0.0549. The molecule has 4 fully saturated rings. The second-order valence-electron chi connectivity index (χ2n) is 18.6. The molecule has 2 aliphatic heterocycles. The number of carboxylic acids is 1. The summed E-state index contributed by atoms with van der Waals surface area (Å²) in [4.78, 5) is 46.7. The van der Waals surface area contributed by atoms with Crippen LogP contribution < -0.4 is 10.2 Å². The highest BCUT2D eigenvalue weighted by molar-refractivity contribution is 5.80. The number of methoxy groups -OCH3 is 1. The summed E-state index contributed by atoms with van der Waals surface area (Å²) in [6.45, 7) is 3.88. The van der Waals surface area contributed by atoms with E-state index in [0.717, 1.165) is 139 Å². The van der Waals surface area contributed by atoms with Gasteiger partial charge in [0.25, 0.3) is 0 Å². The number of piperidine rings is 2. The zero-order chi connectivity index (χ0) is 49.1. The van der Waals surface area contributed by atoms with Crippen molar-refractivity contribution in [3.8, 4) is 22.8 Å². The molecule has 0 spiro atoms. The molecule has 2 saturated heterocycles. The Balaban J connectivity index is 0.000000170. The molecule has 71 heavy (non-hydrogen) atoms. The molecule has 0 radical (unpaired) electrons. The Hall–Kier alpha value is -6.05. The Kier molecular flexibility index (Phi) is 18.5. The number of aromatic nitrogens is 6. The highest BCUT2D eigenvalue weighted by Crippen LogP contribution is 2.33. The van der Waals surface area contributed by atoms with Crippen molar-refractivity contribution in [1.82, 2.24) is 35.2 Å². The van der Waals surface area contributed by atoms with E-state index in [2.05, 4.69) is 40.1 Å². The first-order valence-electron chi connectivity index (χ1n) is 24.2. The summed E-state index contributed by atoms with van der Waals surface area (Å²) < 4.78 is 82.9. The van der Waals surface area contributed by atoms with Crippen molar-refractivity contribution in [3.63, 3.8) is 0 Å². The number of H-pyrrole nitrogens is 2. The number of carbonyl (C=O) groups excluding carboxylic acids is 1. The Morgan fingerprint density at radius 1 is 0.620 bits per heavy atom. The number of benzene rings is 2. The number of halogens is 5. The van der Waals surface area contributed by atoms with Gasteiger partial charge in [0.2, 0.25) is 5.95 Å². The summed E-state index contributed by atoms with van der Waals surface area (Å²) in [5, 5.41) is 12.3. The molecule has 0 atom stereocenters. The molecule has 0 unspecified atom stereocenters. The van der Waals surface area contributed by atoms with Crippen LogP contribution >= 0.6 is 0 Å². The maximum absolute atomic E-state index is 13.5. The molecule has 0 amide bonds. The van der Waals surface area contributed by atoms with E-state index in [9.17, 15) is 31.5 Å². The first-order chi connectivity index (χ1) is 33.8. The number of carbonyl (C=O) groups is 2. The molecule has 4 N–H and O–H groups in total. The molecule has 10 rings (SSSR count). The maximum Gasteiger partial charge on any atom is 0.305 e. The number of fused-ring (bicyclic) bond motifs is 2. The number of esters is 1. The Bertz CT molecular complexity index is 2580. The van der Waals surface area contributed by atoms with Gasteiger partial charge in [0.1, 0.15) is 17.5 Å². The molecule has 2 aliphatic carbocycles. The number of hydrogen-bond donors (Lipinski definition) is 4. The van der Waals surface area contributed by atoms with Gasteiger partial charge in [-0.15, -0.1) is 0 Å². The lowest BCUT2D eigenvalue weighted by molar-refractivity contribution is -0.142. The molecule has 14 nitrogen and oxygen atoms in total. The summed E-state index contributed by atoms with van der Waals surface area (Å²) in [7, 11) is 1.47. The third-order valence-electron chi connectivity index (χ3n) is 13.6. The molecule has 2 saturated carbocycles. The Labute approximate surface area is 409 Å². The minimum absolute atomic E-state index is 0. The van der Waals surface area contributed by atoms with Gasteiger partial charge in [0.05, 0.1) is 53.6 Å². The highest BCUT2D eigenvalue weighted by Gasteiger charge is 2.29. The monoisotopic (exact) mass is 990 g/mol. The van der Waals surface area contributed by atoms with Crippen molar-refractivity contribution < 1.29 is 50.9 Å². The summed E-state index contributed by atoms with van der Waals surface area (Å²) >= 11 is 0. The third-order valence-corrected chi connectivity index (χ3v) is 13.6. The first kappa shape index (κ1) is 52.8. The molecule has 382 valence electrons. The maximum atomic E-state index is 13.5. The normalized spacial score (nSPS) is 20.8. The van der Waals surface area contributed by atoms with E-state index in [0.29, 0.717) is 63.8 Å². The number of ether oxygens (including phenoxy) is 3. The van der Waals surface area contributed by atoms with E-state index in [4.69, 9.17) is 19.3 Å². The SMILES string of the molecule is C.COC(=O)CC1CCC(OC2CCNCC2)CC1.Fc1ccc(-c2nc3cc(F)c(F)cc3[nH]2)cn1.O=C(O)CC1CCC(OC2CCN(c3ccc(-c4nc5cc(F)c(F)cc5[nH]4)cn3)CC2)CC1. The second-order valence-corrected chi connectivity index (χ2v) is 18.6. The summed E-state index contributed by atoms with van der Waals surface area (Å²) in [5.74, 6) is -2.55. The molecular formula is C52H63F5N8O6. The van der Waals surface area contributed by atoms with Crippen LogP contribution in [0.2, 0.25) is 0 Å². The number of hydrogen-bond acceptors (Lipinski definition) is 11. The molecule has 19 heteroatoms. The highest BCUT2D eigenvalue weighted by atomic mass is 19.2. The zero-order valence-corrected chi connectivity index (χ0v) is 39.1. The van der Waals surface area contributed by atoms with Crippen LogP contribution in [0.4, 0.5) is 27.8 Å². The van der Waals surface area contributed by atoms with Crippen molar-refractivity contribution in [2.75, 3.05) is 38.2 Å². The lowest BCUT2D eigenvalue weighted by Gasteiger charge is -2.36. The fourth-order valence-electron chi connectivity index (χ4n) is 9.72. The Morgan fingerprint density at radius 3 is 1.55 bits per heavy atom. The minimum atomic E-state index is -0.960. The van der Waals surface area contributed by atoms with E-state index in [1.54, 1.807) is 6.20 Å². The van der Waals surface area contributed by atoms with E-state index in [1.165, 1.54) is 25.4 Å². The standard InChI is InChI=1S/C25H28F2N4O3.C14H25NO3.C12H6F3N3.CH4/c26-19-12-21-22(13-20(19)27)30-25(29-21)16-3-6-23(28-14-16)31-9-7-18(8-10-31)34-17-4-1-15(2-5-17)11-24(32)33;1-17-14(16)10-11-2-4-12(5-3-11)18-13-6-8-15-9-7-13;13-7-3-9-10(4-8(7)14)18-12(17-9)6-1-2-11(15)16-5-6;/h3,6,12-15,17-18H,1-2,4-5,7-11H2,(H,29,30)(H,32,33);11-13,15H,2-10H2,1H3;1-5H,(H,17,18);1H4. The number of nitrogens with zero attached hydrogens (tertiary/aromatic N) is 5. The predicted octanol–water partition coefficient (Wildman–Crippen LogP) is 10.5. The van der Waals surface area contributed by atoms with E-state index >= 15 is 0 Å². The molecule has 4 aliphatic rings. The fraction of sp³-hybridized carbons (Fsp3) is 0.500. The smallest absolute Gasteiger partial charge is 0.305 e. The van der Waals surface area contributed by atoms with Gasteiger partial charge in [0.15, 0.2) is 23.3 Å². The second kappa shape index (κ2) is 24.9. The zero-order valence-electron chi connectivity index (χ0n) is 39.1. The number of pyridine rings is 2. The molecule has 4 aromatic heterocycles. The number of aliphatic carboxylic acids is 1. The van der Waals surface area contributed by atoms with Crippen LogP contribution in [0.1, 0.15) is 97.3 Å². The lowest BCUT2D eigenvalue weighted by atomic mass is 9.85. The number of carboxylic acid groups (broad SMARTS) is 1. The van der Waals surface area contributed by atoms with Gasteiger partial charge in [0, 0.05) is 73.7 Å². The largest absolute Gasteiger partial charge is 0.481 e. The van der Waals surface area contributed by atoms with Crippen molar-refractivity contribution >= 4 is 39.8 Å². The van der Waals surface area contributed by atoms with Gasteiger partial charge in [-0.2, -0.15) is 4.39 Å². The summed E-state index contributed by atoms with van der Waals surface area (Å²) in [6.07, 6.45) is 17.5. The third kappa shape index (κ3) is 14.5. The molecule has 2 aromatic carbocycles. The average molecular weight is 991 g/mol. The van der Waals surface area contributed by atoms with Crippen LogP contribution in [0.25, 0.3) is 44.8 Å². The van der Waals surface area contributed by atoms with Crippen LogP contribution in [-0.4, -0.2) is 105 Å². The predicted molar refractivity (Wildman–Crippen MR) is 259 cm³/mol. The van der Waals surface area contributed by atoms with Crippen molar-refractivity contribution in [3.05, 3.63) is 90.1 Å². The minimum Gasteiger partial charge on any atom is -0.481 e. The number of nitrogens with one attached hydrogen (secondary N) is 3. The Morgan fingerprint density at radius 2 is 1.08 bits per heavy atom. The number of aromatic amines is 2. The van der Waals surface area contributed by atoms with Crippen LogP contribution in [0.3, 0.4) is 0 Å². The summed E-state index contributed by atoms with van der Waals surface area (Å²) in [6, 6.07) is 10.7. The topological polar surface area (TPSA) is 180 Å². The number of rotatable bonds is 11. The number of anilines is 1. The van der Waals surface area contributed by atoms with Gasteiger partial charge in [-0.1, -0.05) is 7.43 Å². The number of imidazole rings is 2. The van der Waals surface area contributed by atoms with Crippen molar-refractivity contribution in [2.45, 2.75) is 122 Å². The van der Waals surface area contributed by atoms with Crippen LogP contribution in [0.15, 0.2) is 60.9 Å². The fourth-order valence-corrected chi connectivity index (χ4v) is 9.72. The van der Waals surface area contributed by atoms with Gasteiger partial charge < -0.3 is 39.5 Å². The van der Waals surface area contributed by atoms with Gasteiger partial charge >= 0.3 is 11.9 Å². The van der Waals surface area contributed by atoms with Gasteiger partial charge in [-0.05, 0) is 126 Å². The van der Waals surface area contributed by atoms with Crippen molar-refractivity contribution in [1.29, 1.82) is 0 Å². The molecule has 6 aromatic rings. The molecular weight excluding hydrogens is 928 g/mol. The first-order valence-corrected chi connectivity index (χ1v) is 24.2.